The Bertz CT molecular complexity index is 155. The summed E-state index contributed by atoms with van der Waals surface area (Å²) in [7, 11) is 0. The molecule has 0 saturated heterocycles. The van der Waals surface area contributed by atoms with E-state index in [2.05, 4.69) is 38.0 Å². The van der Waals surface area contributed by atoms with Gasteiger partial charge in [0, 0.05) is 12.1 Å². The summed E-state index contributed by atoms with van der Waals surface area (Å²) in [4.78, 5) is 0. The topological polar surface area (TPSA) is 24.1 Å². The first-order valence-electron chi connectivity index (χ1n) is 4.24. The quantitative estimate of drug-likeness (QED) is 0.517. The summed E-state index contributed by atoms with van der Waals surface area (Å²) >= 11 is 5.06. The highest BCUT2D eigenvalue weighted by molar-refractivity contribution is 7.80. The third kappa shape index (κ3) is 6.16. The summed E-state index contributed by atoms with van der Waals surface area (Å²) in [6, 6.07) is 0.752. The Hall–Kier alpha value is -0.570. The highest BCUT2D eigenvalue weighted by Crippen LogP contribution is 1.90. The van der Waals surface area contributed by atoms with Crippen LogP contribution >= 0.6 is 12.2 Å². The van der Waals surface area contributed by atoms with Crippen LogP contribution < -0.4 is 10.6 Å². The maximum atomic E-state index is 5.06. The molecule has 0 aliphatic carbocycles. The summed E-state index contributed by atoms with van der Waals surface area (Å²) < 4.78 is 0. The van der Waals surface area contributed by atoms with Gasteiger partial charge in [-0.15, -0.1) is 6.58 Å². The highest BCUT2D eigenvalue weighted by atomic mass is 32.1. The van der Waals surface area contributed by atoms with Crippen LogP contribution in [-0.2, 0) is 0 Å². The predicted octanol–water partition coefficient (Wildman–Crippen LogP) is 1.82. The molecule has 3 heteroatoms. The number of thiocarbonyl (C=S) groups is 1. The molecule has 0 saturated carbocycles. The van der Waals surface area contributed by atoms with Crippen molar-refractivity contribution in [2.24, 2.45) is 0 Å². The zero-order valence-electron chi connectivity index (χ0n) is 8.05. The Balaban J connectivity index is 3.61. The van der Waals surface area contributed by atoms with Crippen molar-refractivity contribution in [2.45, 2.75) is 39.3 Å². The minimum atomic E-state index is 0.362. The van der Waals surface area contributed by atoms with Crippen molar-refractivity contribution in [3.63, 3.8) is 0 Å². The zero-order chi connectivity index (χ0) is 9.56. The molecule has 1 atom stereocenters. The standard InChI is InChI=1S/C9H18N2S/c1-5-6-8(4)11-9(12)10-7(2)3/h5,7-8H,1,6H2,2-4H3,(H2,10,11,12). The Morgan fingerprint density at radius 1 is 1.42 bits per heavy atom. The van der Waals surface area contributed by atoms with Crippen LogP contribution in [0.3, 0.4) is 0 Å². The van der Waals surface area contributed by atoms with E-state index in [0.29, 0.717) is 12.1 Å². The molecule has 0 radical (unpaired) electrons. The molecule has 2 N–H and O–H groups in total. The van der Waals surface area contributed by atoms with E-state index in [1.165, 1.54) is 0 Å². The fourth-order valence-electron chi connectivity index (χ4n) is 0.837. The lowest BCUT2D eigenvalue weighted by Gasteiger charge is -2.17. The van der Waals surface area contributed by atoms with Gasteiger partial charge in [0.15, 0.2) is 5.11 Å². The number of hydrogen-bond acceptors (Lipinski definition) is 1. The van der Waals surface area contributed by atoms with Gasteiger partial charge in [-0.3, -0.25) is 0 Å². The Kier molecular flexibility index (Phi) is 5.72. The first-order chi connectivity index (χ1) is 5.56. The van der Waals surface area contributed by atoms with Crippen LogP contribution in [0.1, 0.15) is 27.2 Å². The van der Waals surface area contributed by atoms with E-state index in [1.807, 2.05) is 6.08 Å². The summed E-state index contributed by atoms with van der Waals surface area (Å²) in [5.74, 6) is 0. The average molecular weight is 186 g/mol. The van der Waals surface area contributed by atoms with Gasteiger partial charge in [0.2, 0.25) is 0 Å². The first kappa shape index (κ1) is 11.4. The molecular weight excluding hydrogens is 168 g/mol. The zero-order valence-corrected chi connectivity index (χ0v) is 8.87. The third-order valence-corrected chi connectivity index (χ3v) is 1.55. The molecule has 0 amide bonds. The average Bonchev–Trinajstić information content (AvgIpc) is 1.84. The fraction of sp³-hybridized carbons (Fsp3) is 0.667. The second kappa shape index (κ2) is 6.00. The Morgan fingerprint density at radius 2 is 2.00 bits per heavy atom. The second-order valence-electron chi connectivity index (χ2n) is 3.20. The van der Waals surface area contributed by atoms with E-state index < -0.39 is 0 Å². The molecule has 0 heterocycles. The molecule has 0 aliphatic rings. The molecule has 12 heavy (non-hydrogen) atoms. The van der Waals surface area contributed by atoms with Gasteiger partial charge in [0.1, 0.15) is 0 Å². The van der Waals surface area contributed by atoms with Crippen LogP contribution in [0.4, 0.5) is 0 Å². The van der Waals surface area contributed by atoms with Crippen LogP contribution in [0.15, 0.2) is 12.7 Å². The van der Waals surface area contributed by atoms with Crippen LogP contribution in [0.5, 0.6) is 0 Å². The predicted molar refractivity (Wildman–Crippen MR) is 58.3 cm³/mol. The second-order valence-corrected chi connectivity index (χ2v) is 3.61. The van der Waals surface area contributed by atoms with Crippen molar-refractivity contribution >= 4 is 17.3 Å². The summed E-state index contributed by atoms with van der Waals surface area (Å²) in [5.41, 5.74) is 0. The van der Waals surface area contributed by atoms with Crippen molar-refractivity contribution < 1.29 is 0 Å². The van der Waals surface area contributed by atoms with Crippen molar-refractivity contribution in [3.8, 4) is 0 Å². The molecule has 0 aromatic rings. The molecule has 70 valence electrons. The summed E-state index contributed by atoms with van der Waals surface area (Å²) in [6.07, 6.45) is 2.82. The molecule has 0 fully saturated rings. The van der Waals surface area contributed by atoms with Crippen LogP contribution in [-0.4, -0.2) is 17.2 Å². The molecule has 0 aliphatic heterocycles. The minimum absolute atomic E-state index is 0.362. The van der Waals surface area contributed by atoms with Gasteiger partial charge in [0.05, 0.1) is 0 Å². The van der Waals surface area contributed by atoms with Crippen molar-refractivity contribution in [3.05, 3.63) is 12.7 Å². The van der Waals surface area contributed by atoms with Crippen molar-refractivity contribution in [1.29, 1.82) is 0 Å². The van der Waals surface area contributed by atoms with Crippen molar-refractivity contribution in [1.82, 2.24) is 10.6 Å². The number of nitrogens with one attached hydrogen (secondary N) is 2. The number of rotatable bonds is 4. The Labute approximate surface area is 80.4 Å². The van der Waals surface area contributed by atoms with E-state index in [0.717, 1.165) is 11.5 Å². The smallest absolute Gasteiger partial charge is 0.166 e. The summed E-state index contributed by atoms with van der Waals surface area (Å²) in [5, 5.41) is 7.00. The molecule has 2 nitrogen and oxygen atoms in total. The largest absolute Gasteiger partial charge is 0.361 e. The number of hydrogen-bond donors (Lipinski definition) is 2. The van der Waals surface area contributed by atoms with Gasteiger partial charge in [-0.25, -0.2) is 0 Å². The van der Waals surface area contributed by atoms with Crippen LogP contribution in [0.25, 0.3) is 0 Å². The van der Waals surface area contributed by atoms with E-state index >= 15 is 0 Å². The van der Waals surface area contributed by atoms with E-state index in [1.54, 1.807) is 0 Å². The Morgan fingerprint density at radius 3 is 2.42 bits per heavy atom. The lowest BCUT2D eigenvalue weighted by molar-refractivity contribution is 0.641. The lowest BCUT2D eigenvalue weighted by atomic mass is 10.2. The van der Waals surface area contributed by atoms with Gasteiger partial charge in [-0.1, -0.05) is 6.08 Å². The maximum absolute atomic E-state index is 5.06. The molecular formula is C9H18N2S. The van der Waals surface area contributed by atoms with Crippen molar-refractivity contribution in [2.75, 3.05) is 0 Å². The van der Waals surface area contributed by atoms with E-state index in [-0.39, 0.29) is 0 Å². The SMILES string of the molecule is C=CCC(C)NC(=S)NC(C)C. The van der Waals surface area contributed by atoms with Gasteiger partial charge in [-0.05, 0) is 39.4 Å². The maximum Gasteiger partial charge on any atom is 0.166 e. The monoisotopic (exact) mass is 186 g/mol. The molecule has 0 aromatic carbocycles. The van der Waals surface area contributed by atoms with Gasteiger partial charge in [0.25, 0.3) is 0 Å². The molecule has 1 unspecified atom stereocenters. The van der Waals surface area contributed by atoms with Crippen LogP contribution in [0, 0.1) is 0 Å². The first-order valence-corrected chi connectivity index (χ1v) is 4.65. The molecule has 0 spiro atoms. The van der Waals surface area contributed by atoms with Gasteiger partial charge >= 0.3 is 0 Å². The molecule has 0 bridgehead atoms. The normalized spacial score (nSPS) is 12.3. The molecule has 0 rings (SSSR count). The van der Waals surface area contributed by atoms with Crippen LogP contribution in [0.2, 0.25) is 0 Å². The molecule has 0 aromatic heterocycles. The highest BCUT2D eigenvalue weighted by Gasteiger charge is 2.01. The fourth-order valence-corrected chi connectivity index (χ4v) is 1.27. The van der Waals surface area contributed by atoms with E-state index in [9.17, 15) is 0 Å². The van der Waals surface area contributed by atoms with Gasteiger partial charge in [-0.2, -0.15) is 0 Å². The van der Waals surface area contributed by atoms with Gasteiger partial charge < -0.3 is 10.6 Å². The third-order valence-electron chi connectivity index (χ3n) is 1.32. The summed E-state index contributed by atoms with van der Waals surface area (Å²) in [6.45, 7) is 9.87. The minimum Gasteiger partial charge on any atom is -0.361 e. The lowest BCUT2D eigenvalue weighted by Crippen LogP contribution is -2.43. The van der Waals surface area contributed by atoms with E-state index in [4.69, 9.17) is 12.2 Å².